The van der Waals surface area contributed by atoms with E-state index in [4.69, 9.17) is 4.74 Å². The minimum Gasteiger partial charge on any atom is -0.460 e. The second kappa shape index (κ2) is 8.57. The summed E-state index contributed by atoms with van der Waals surface area (Å²) in [5.41, 5.74) is 0.0781. The van der Waals surface area contributed by atoms with Crippen molar-refractivity contribution in [2.45, 2.75) is 39.7 Å². The van der Waals surface area contributed by atoms with E-state index in [0.717, 1.165) is 0 Å². The van der Waals surface area contributed by atoms with Gasteiger partial charge >= 0.3 is 5.97 Å². The van der Waals surface area contributed by atoms with E-state index in [1.54, 1.807) is 27.7 Å². The van der Waals surface area contributed by atoms with E-state index in [0.29, 0.717) is 17.2 Å². The topological polar surface area (TPSA) is 93.2 Å². The Kier molecular flexibility index (Phi) is 6.44. The number of ether oxygens (including phenoxy) is 1. The van der Waals surface area contributed by atoms with Crippen molar-refractivity contribution in [2.75, 3.05) is 10.6 Å². The Balaban J connectivity index is 2.07. The number of benzene rings is 1. The number of halogens is 1. The highest BCUT2D eigenvalue weighted by Gasteiger charge is 2.23. The molecule has 1 aromatic carbocycles. The normalized spacial score (nSPS) is 12.2. The maximum absolute atomic E-state index is 13.6. The molecule has 0 spiro atoms. The summed E-state index contributed by atoms with van der Waals surface area (Å²) in [6.07, 6.45) is 4.42. The van der Waals surface area contributed by atoms with Crippen LogP contribution < -0.4 is 10.6 Å². The van der Waals surface area contributed by atoms with Crippen molar-refractivity contribution in [3.63, 3.8) is 0 Å². The monoisotopic (exact) mass is 374 g/mol. The summed E-state index contributed by atoms with van der Waals surface area (Å²) >= 11 is 0. The molecule has 0 aliphatic heterocycles. The Hall–Kier alpha value is -3.03. The molecule has 0 bridgehead atoms. The highest BCUT2D eigenvalue weighted by atomic mass is 19.1. The number of rotatable bonds is 6. The number of hydrogen-bond acceptors (Lipinski definition) is 6. The fourth-order valence-corrected chi connectivity index (χ4v) is 2.21. The number of amides is 1. The van der Waals surface area contributed by atoms with Crippen LogP contribution in [0.1, 0.15) is 34.1 Å². The summed E-state index contributed by atoms with van der Waals surface area (Å²) in [6, 6.07) is 3.91. The Bertz CT molecular complexity index is 806. The van der Waals surface area contributed by atoms with E-state index >= 15 is 0 Å². The minimum absolute atomic E-state index is 0.0583. The summed E-state index contributed by atoms with van der Waals surface area (Å²) in [6.45, 7) is 6.91. The number of nitrogens with one attached hydrogen (secondary N) is 2. The van der Waals surface area contributed by atoms with Crippen LogP contribution in [-0.2, 0) is 14.3 Å². The van der Waals surface area contributed by atoms with Gasteiger partial charge in [-0.25, -0.2) is 9.37 Å². The van der Waals surface area contributed by atoms with Crippen LogP contribution in [-0.4, -0.2) is 27.4 Å². The van der Waals surface area contributed by atoms with Gasteiger partial charge in [0, 0.05) is 18.3 Å². The third-order valence-electron chi connectivity index (χ3n) is 3.41. The van der Waals surface area contributed by atoms with E-state index in [1.807, 2.05) is 0 Å². The Morgan fingerprint density at radius 1 is 1.22 bits per heavy atom. The van der Waals surface area contributed by atoms with E-state index in [2.05, 4.69) is 20.6 Å². The van der Waals surface area contributed by atoms with Gasteiger partial charge in [0.1, 0.15) is 17.2 Å². The highest BCUT2D eigenvalue weighted by molar-refractivity contribution is 5.97. The summed E-state index contributed by atoms with van der Waals surface area (Å²) in [4.78, 5) is 32.3. The fraction of sp³-hybridized carbons (Fsp3) is 0.368. The van der Waals surface area contributed by atoms with Gasteiger partial charge < -0.3 is 15.4 Å². The third-order valence-corrected chi connectivity index (χ3v) is 3.41. The Morgan fingerprint density at radius 3 is 2.59 bits per heavy atom. The van der Waals surface area contributed by atoms with E-state index in [9.17, 15) is 14.0 Å². The van der Waals surface area contributed by atoms with Crippen molar-refractivity contribution in [1.82, 2.24) is 9.97 Å². The van der Waals surface area contributed by atoms with E-state index < -0.39 is 23.3 Å². The predicted octanol–water partition coefficient (Wildman–Crippen LogP) is 3.67. The zero-order valence-corrected chi connectivity index (χ0v) is 15.7. The number of nitrogens with zero attached hydrogens (tertiary/aromatic N) is 2. The predicted molar refractivity (Wildman–Crippen MR) is 100.0 cm³/mol. The van der Waals surface area contributed by atoms with Gasteiger partial charge in [-0.3, -0.25) is 14.6 Å². The lowest BCUT2D eigenvalue weighted by Crippen LogP contribution is -2.28. The van der Waals surface area contributed by atoms with Crippen molar-refractivity contribution >= 4 is 29.1 Å². The van der Waals surface area contributed by atoms with Crippen LogP contribution in [0.25, 0.3) is 0 Å². The molecule has 0 radical (unpaired) electrons. The lowest BCUT2D eigenvalue weighted by atomic mass is 10.1. The first-order valence-electron chi connectivity index (χ1n) is 8.49. The quantitative estimate of drug-likeness (QED) is 0.750. The van der Waals surface area contributed by atoms with Crippen LogP contribution >= 0.6 is 0 Å². The fourth-order valence-electron chi connectivity index (χ4n) is 2.21. The number of carbonyl (C=O) groups is 2. The first kappa shape index (κ1) is 20.3. The lowest BCUT2D eigenvalue weighted by molar-refractivity contribution is -0.156. The minimum atomic E-state index is -0.616. The largest absolute Gasteiger partial charge is 0.460 e. The molecular weight excluding hydrogens is 351 g/mol. The molecule has 27 heavy (non-hydrogen) atoms. The van der Waals surface area contributed by atoms with Gasteiger partial charge in [-0.1, -0.05) is 6.92 Å². The molecule has 1 heterocycles. The zero-order valence-electron chi connectivity index (χ0n) is 15.7. The van der Waals surface area contributed by atoms with Crippen molar-refractivity contribution in [1.29, 1.82) is 0 Å². The molecule has 2 rings (SSSR count). The number of anilines is 3. The number of aromatic nitrogens is 2. The number of esters is 1. The molecule has 1 aromatic heterocycles. The van der Waals surface area contributed by atoms with Crippen LogP contribution in [0.4, 0.5) is 21.6 Å². The van der Waals surface area contributed by atoms with Crippen LogP contribution in [0.3, 0.4) is 0 Å². The molecule has 0 aliphatic carbocycles. The Morgan fingerprint density at radius 2 is 1.96 bits per heavy atom. The Labute approximate surface area is 157 Å². The molecule has 8 heteroatoms. The van der Waals surface area contributed by atoms with Crippen molar-refractivity contribution < 1.29 is 18.7 Å². The van der Waals surface area contributed by atoms with Crippen molar-refractivity contribution in [3.8, 4) is 0 Å². The average Bonchev–Trinajstić information content (AvgIpc) is 2.56. The van der Waals surface area contributed by atoms with Gasteiger partial charge in [0.15, 0.2) is 0 Å². The molecule has 7 nitrogen and oxygen atoms in total. The second-order valence-electron chi connectivity index (χ2n) is 7.09. The molecule has 0 fully saturated rings. The second-order valence-corrected chi connectivity index (χ2v) is 7.09. The van der Waals surface area contributed by atoms with Gasteiger partial charge in [-0.05, 0) is 39.0 Å². The van der Waals surface area contributed by atoms with Crippen LogP contribution in [0.2, 0.25) is 0 Å². The van der Waals surface area contributed by atoms with Gasteiger partial charge in [-0.2, -0.15) is 0 Å². The first-order valence-corrected chi connectivity index (χ1v) is 8.49. The molecular formula is C19H23FN4O3. The molecule has 0 unspecified atom stereocenters. The molecule has 2 N–H and O–H groups in total. The number of carbonyl (C=O) groups excluding carboxylic acids is 2. The highest BCUT2D eigenvalue weighted by Crippen LogP contribution is 2.26. The maximum Gasteiger partial charge on any atom is 0.307 e. The standard InChI is InChI=1S/C19H23FN4O3/c1-12(9-17(25)27-19(2,3)4)18(26)24-14-6-5-13(20)10-15(14)23-16-11-21-7-8-22-16/h5-8,10-12H,9H2,1-4H3,(H,22,23)(H,24,26)/t12-/m1/s1. The summed E-state index contributed by atoms with van der Waals surface area (Å²) in [5.74, 6) is -1.52. The van der Waals surface area contributed by atoms with E-state index in [1.165, 1.54) is 36.8 Å². The average molecular weight is 374 g/mol. The zero-order chi connectivity index (χ0) is 20.0. The molecule has 144 valence electrons. The molecule has 0 aliphatic rings. The van der Waals surface area contributed by atoms with Gasteiger partial charge in [0.2, 0.25) is 5.91 Å². The van der Waals surface area contributed by atoms with Gasteiger partial charge in [0.25, 0.3) is 0 Å². The smallest absolute Gasteiger partial charge is 0.307 e. The third kappa shape index (κ3) is 6.65. The van der Waals surface area contributed by atoms with Crippen LogP contribution in [0.15, 0.2) is 36.8 Å². The lowest BCUT2D eigenvalue weighted by Gasteiger charge is -2.21. The van der Waals surface area contributed by atoms with Gasteiger partial charge in [0.05, 0.1) is 24.0 Å². The molecule has 2 aromatic rings. The molecule has 1 amide bonds. The summed E-state index contributed by atoms with van der Waals surface area (Å²) in [5, 5.41) is 5.61. The van der Waals surface area contributed by atoms with Crippen molar-refractivity contribution in [3.05, 3.63) is 42.6 Å². The maximum atomic E-state index is 13.6. The SMILES string of the molecule is C[C@H](CC(=O)OC(C)(C)C)C(=O)Nc1ccc(F)cc1Nc1cnccn1. The molecule has 1 atom stereocenters. The first-order chi connectivity index (χ1) is 12.6. The molecule has 0 saturated carbocycles. The van der Waals surface area contributed by atoms with Crippen LogP contribution in [0, 0.1) is 11.7 Å². The van der Waals surface area contributed by atoms with E-state index in [-0.39, 0.29) is 12.3 Å². The van der Waals surface area contributed by atoms with Gasteiger partial charge in [-0.15, -0.1) is 0 Å². The number of hydrogen-bond donors (Lipinski definition) is 2. The van der Waals surface area contributed by atoms with Crippen molar-refractivity contribution in [2.24, 2.45) is 5.92 Å². The summed E-state index contributed by atoms with van der Waals surface area (Å²) < 4.78 is 18.9. The summed E-state index contributed by atoms with van der Waals surface area (Å²) in [7, 11) is 0. The molecule has 0 saturated heterocycles. The van der Waals surface area contributed by atoms with Crippen LogP contribution in [0.5, 0.6) is 0 Å².